The normalized spacial score (nSPS) is 12.6. The van der Waals surface area contributed by atoms with E-state index in [9.17, 15) is 0 Å². The number of aromatic nitrogens is 1. The van der Waals surface area contributed by atoms with Crippen LogP contribution in [0, 0.1) is 0 Å². The zero-order chi connectivity index (χ0) is 11.2. The van der Waals surface area contributed by atoms with Crippen molar-refractivity contribution in [3.63, 3.8) is 0 Å². The highest BCUT2D eigenvalue weighted by Gasteiger charge is 2.13. The van der Waals surface area contributed by atoms with Crippen LogP contribution in [0.3, 0.4) is 0 Å². The molecule has 0 radical (unpaired) electrons. The average Bonchev–Trinajstić information content (AvgIpc) is 2.83. The molecule has 0 aliphatic carbocycles. The smallest absolute Gasteiger partial charge is 0.121 e. The van der Waals surface area contributed by atoms with Crippen LogP contribution >= 0.6 is 0 Å². The maximum Gasteiger partial charge on any atom is 0.121 e. The maximum atomic E-state index is 5.44. The second-order valence-electron chi connectivity index (χ2n) is 3.69. The average molecular weight is 216 g/mol. The van der Waals surface area contributed by atoms with E-state index in [4.69, 9.17) is 4.42 Å². The Balaban J connectivity index is 2.09. The third-order valence-corrected chi connectivity index (χ3v) is 2.50. The summed E-state index contributed by atoms with van der Waals surface area (Å²) in [6.45, 7) is 3.02. The molecule has 3 heteroatoms. The van der Waals surface area contributed by atoms with Gasteiger partial charge in [0, 0.05) is 12.4 Å². The second-order valence-corrected chi connectivity index (χ2v) is 3.69. The first-order chi connectivity index (χ1) is 7.90. The van der Waals surface area contributed by atoms with Gasteiger partial charge in [-0.15, -0.1) is 0 Å². The maximum absolute atomic E-state index is 5.44. The Labute approximate surface area is 95.5 Å². The molecular formula is C13H16N2O. The molecule has 0 saturated carbocycles. The van der Waals surface area contributed by atoms with Crippen molar-refractivity contribution in [2.45, 2.75) is 19.4 Å². The van der Waals surface area contributed by atoms with E-state index in [1.54, 1.807) is 12.5 Å². The molecule has 2 rings (SSSR count). The molecule has 1 N–H and O–H groups in total. The van der Waals surface area contributed by atoms with Gasteiger partial charge in [-0.05, 0) is 36.7 Å². The number of hydrogen-bond acceptors (Lipinski definition) is 3. The van der Waals surface area contributed by atoms with Gasteiger partial charge in [0.2, 0.25) is 0 Å². The summed E-state index contributed by atoms with van der Waals surface area (Å²) in [6, 6.07) is 8.19. The van der Waals surface area contributed by atoms with E-state index in [-0.39, 0.29) is 6.04 Å². The minimum Gasteiger partial charge on any atom is -0.468 e. The predicted octanol–water partition coefficient (Wildman–Crippen LogP) is 2.57. The van der Waals surface area contributed by atoms with Gasteiger partial charge in [-0.25, -0.2) is 0 Å². The number of likely N-dealkylation sites (N-methyl/N-ethyl adjacent to an activating group) is 1. The van der Waals surface area contributed by atoms with Gasteiger partial charge in [0.1, 0.15) is 5.76 Å². The Kier molecular flexibility index (Phi) is 3.72. The molecule has 0 bridgehead atoms. The summed E-state index contributed by atoms with van der Waals surface area (Å²) < 4.78 is 5.44. The number of hydrogen-bond donors (Lipinski definition) is 1. The third kappa shape index (κ3) is 2.70. The van der Waals surface area contributed by atoms with Gasteiger partial charge in [-0.3, -0.25) is 4.98 Å². The number of nitrogens with zero attached hydrogens (tertiary/aromatic N) is 1. The van der Waals surface area contributed by atoms with E-state index >= 15 is 0 Å². The van der Waals surface area contributed by atoms with Gasteiger partial charge in [0.25, 0.3) is 0 Å². The summed E-state index contributed by atoms with van der Waals surface area (Å²) in [7, 11) is 0. The lowest BCUT2D eigenvalue weighted by Gasteiger charge is -2.15. The molecule has 3 nitrogen and oxygen atoms in total. The summed E-state index contributed by atoms with van der Waals surface area (Å²) in [5.41, 5.74) is 1.21. The van der Waals surface area contributed by atoms with Crippen molar-refractivity contribution in [1.82, 2.24) is 10.3 Å². The van der Waals surface area contributed by atoms with E-state index in [2.05, 4.69) is 23.3 Å². The van der Waals surface area contributed by atoms with Gasteiger partial charge in [0.05, 0.1) is 12.3 Å². The molecule has 16 heavy (non-hydrogen) atoms. The topological polar surface area (TPSA) is 38.1 Å². The first-order valence-corrected chi connectivity index (χ1v) is 5.56. The molecule has 84 valence electrons. The molecule has 0 spiro atoms. The molecule has 0 fully saturated rings. The van der Waals surface area contributed by atoms with Crippen LogP contribution in [0.25, 0.3) is 0 Å². The molecule has 1 atom stereocenters. The zero-order valence-corrected chi connectivity index (χ0v) is 9.39. The minimum atomic E-state index is 0.226. The van der Waals surface area contributed by atoms with Gasteiger partial charge in [-0.2, -0.15) is 0 Å². The lowest BCUT2D eigenvalue weighted by atomic mass is 10.1. The molecule has 1 unspecified atom stereocenters. The molecule has 0 aliphatic heterocycles. The lowest BCUT2D eigenvalue weighted by molar-refractivity contribution is 0.416. The summed E-state index contributed by atoms with van der Waals surface area (Å²) in [5, 5.41) is 3.41. The van der Waals surface area contributed by atoms with Crippen molar-refractivity contribution >= 4 is 0 Å². The lowest BCUT2D eigenvalue weighted by Crippen LogP contribution is -2.22. The highest BCUT2D eigenvalue weighted by Crippen LogP contribution is 2.18. The molecule has 0 aromatic carbocycles. The van der Waals surface area contributed by atoms with Crippen molar-refractivity contribution < 1.29 is 4.42 Å². The quantitative estimate of drug-likeness (QED) is 0.834. The van der Waals surface area contributed by atoms with Crippen LogP contribution in [0.2, 0.25) is 0 Å². The van der Waals surface area contributed by atoms with E-state index in [0.717, 1.165) is 18.7 Å². The summed E-state index contributed by atoms with van der Waals surface area (Å²) in [6.07, 6.45) is 6.30. The molecule has 0 saturated heterocycles. The van der Waals surface area contributed by atoms with Crippen molar-refractivity contribution in [3.8, 4) is 0 Å². The predicted molar refractivity (Wildman–Crippen MR) is 63.1 cm³/mol. The number of nitrogens with one attached hydrogen (secondary N) is 1. The first kappa shape index (κ1) is 10.9. The highest BCUT2D eigenvalue weighted by molar-refractivity contribution is 5.14. The molecular weight excluding hydrogens is 200 g/mol. The van der Waals surface area contributed by atoms with Crippen molar-refractivity contribution in [2.24, 2.45) is 0 Å². The van der Waals surface area contributed by atoms with E-state index in [0.29, 0.717) is 0 Å². The van der Waals surface area contributed by atoms with E-state index in [1.165, 1.54) is 5.56 Å². The number of pyridine rings is 1. The molecule has 2 heterocycles. The SMILES string of the molecule is CCNC(Cc1cccnc1)c1ccco1. The fraction of sp³-hybridized carbons (Fsp3) is 0.308. The van der Waals surface area contributed by atoms with Crippen molar-refractivity contribution in [1.29, 1.82) is 0 Å². The fourth-order valence-corrected chi connectivity index (χ4v) is 1.76. The standard InChI is InChI=1S/C13H16N2O/c1-2-15-12(13-6-4-8-16-13)9-11-5-3-7-14-10-11/h3-8,10,12,15H,2,9H2,1H3. The summed E-state index contributed by atoms with van der Waals surface area (Å²) in [4.78, 5) is 4.12. The van der Waals surface area contributed by atoms with Gasteiger partial charge >= 0.3 is 0 Å². The Hall–Kier alpha value is -1.61. The minimum absolute atomic E-state index is 0.226. The second kappa shape index (κ2) is 5.47. The molecule has 2 aromatic heterocycles. The summed E-state index contributed by atoms with van der Waals surface area (Å²) >= 11 is 0. The van der Waals surface area contributed by atoms with E-state index in [1.807, 2.05) is 24.4 Å². The fourth-order valence-electron chi connectivity index (χ4n) is 1.76. The van der Waals surface area contributed by atoms with Crippen LogP contribution < -0.4 is 5.32 Å². The summed E-state index contributed by atoms with van der Waals surface area (Å²) in [5.74, 6) is 0.978. The van der Waals surface area contributed by atoms with Gasteiger partial charge in [-0.1, -0.05) is 13.0 Å². The Morgan fingerprint density at radius 1 is 1.38 bits per heavy atom. The monoisotopic (exact) mass is 216 g/mol. The molecule has 0 amide bonds. The Bertz CT molecular complexity index is 397. The van der Waals surface area contributed by atoms with Crippen LogP contribution in [-0.4, -0.2) is 11.5 Å². The van der Waals surface area contributed by atoms with Crippen LogP contribution in [-0.2, 0) is 6.42 Å². The van der Waals surface area contributed by atoms with Crippen LogP contribution in [0.15, 0.2) is 47.3 Å². The molecule has 2 aromatic rings. The van der Waals surface area contributed by atoms with Crippen molar-refractivity contribution in [3.05, 3.63) is 54.2 Å². The van der Waals surface area contributed by atoms with Crippen LogP contribution in [0.5, 0.6) is 0 Å². The largest absolute Gasteiger partial charge is 0.468 e. The Morgan fingerprint density at radius 2 is 2.31 bits per heavy atom. The third-order valence-electron chi connectivity index (χ3n) is 2.50. The van der Waals surface area contributed by atoms with Crippen molar-refractivity contribution in [2.75, 3.05) is 6.54 Å². The van der Waals surface area contributed by atoms with Crippen LogP contribution in [0.1, 0.15) is 24.3 Å². The Morgan fingerprint density at radius 3 is 2.94 bits per heavy atom. The van der Waals surface area contributed by atoms with E-state index < -0.39 is 0 Å². The van der Waals surface area contributed by atoms with Crippen LogP contribution in [0.4, 0.5) is 0 Å². The van der Waals surface area contributed by atoms with Gasteiger partial charge in [0.15, 0.2) is 0 Å². The number of rotatable bonds is 5. The number of furan rings is 1. The first-order valence-electron chi connectivity index (χ1n) is 5.56. The zero-order valence-electron chi connectivity index (χ0n) is 9.39. The van der Waals surface area contributed by atoms with Gasteiger partial charge < -0.3 is 9.73 Å². The molecule has 0 aliphatic rings. The highest BCUT2D eigenvalue weighted by atomic mass is 16.3.